The van der Waals surface area contributed by atoms with Crippen molar-refractivity contribution in [2.45, 2.75) is 18.9 Å². The number of nitrogens with one attached hydrogen (secondary N) is 1. The molecule has 3 rings (SSSR count). The predicted octanol–water partition coefficient (Wildman–Crippen LogP) is 4.54. The van der Waals surface area contributed by atoms with Gasteiger partial charge in [0.15, 0.2) is 0 Å². The number of hydrogen-bond acceptors (Lipinski definition) is 2. The van der Waals surface area contributed by atoms with E-state index in [0.29, 0.717) is 19.8 Å². The zero-order valence-electron chi connectivity index (χ0n) is 15.4. The SMILES string of the molecule is O=C(NCCCOCc1ccccc1)C(c1ccccc1)c1ccccc1. The van der Waals surface area contributed by atoms with E-state index in [0.717, 1.165) is 23.1 Å². The van der Waals surface area contributed by atoms with E-state index in [4.69, 9.17) is 4.74 Å². The van der Waals surface area contributed by atoms with Crippen LogP contribution >= 0.6 is 0 Å². The molecule has 0 unspecified atom stereocenters. The Morgan fingerprint density at radius 3 is 1.85 bits per heavy atom. The molecule has 1 N–H and O–H groups in total. The Hall–Kier alpha value is -2.91. The lowest BCUT2D eigenvalue weighted by Gasteiger charge is -2.18. The zero-order valence-corrected chi connectivity index (χ0v) is 15.4. The highest BCUT2D eigenvalue weighted by molar-refractivity contribution is 5.87. The van der Waals surface area contributed by atoms with Crippen molar-refractivity contribution < 1.29 is 9.53 Å². The summed E-state index contributed by atoms with van der Waals surface area (Å²) < 4.78 is 5.68. The van der Waals surface area contributed by atoms with Gasteiger partial charge in [0, 0.05) is 13.2 Å². The molecule has 0 bridgehead atoms. The van der Waals surface area contributed by atoms with E-state index >= 15 is 0 Å². The molecule has 0 aliphatic heterocycles. The molecule has 27 heavy (non-hydrogen) atoms. The lowest BCUT2D eigenvalue weighted by atomic mass is 9.90. The third kappa shape index (κ3) is 5.80. The van der Waals surface area contributed by atoms with Gasteiger partial charge in [-0.25, -0.2) is 0 Å². The average molecular weight is 359 g/mol. The minimum absolute atomic E-state index is 0.0236. The Labute approximate surface area is 161 Å². The Morgan fingerprint density at radius 1 is 0.778 bits per heavy atom. The van der Waals surface area contributed by atoms with Crippen LogP contribution in [0.4, 0.5) is 0 Å². The van der Waals surface area contributed by atoms with Crippen LogP contribution < -0.4 is 5.32 Å². The van der Waals surface area contributed by atoms with Crippen LogP contribution in [0, 0.1) is 0 Å². The highest BCUT2D eigenvalue weighted by Gasteiger charge is 2.21. The minimum Gasteiger partial charge on any atom is -0.377 e. The third-order valence-corrected chi connectivity index (χ3v) is 4.40. The van der Waals surface area contributed by atoms with Gasteiger partial charge in [0.05, 0.1) is 12.5 Å². The number of carbonyl (C=O) groups is 1. The number of rotatable bonds is 9. The largest absolute Gasteiger partial charge is 0.377 e. The van der Waals surface area contributed by atoms with E-state index < -0.39 is 0 Å². The van der Waals surface area contributed by atoms with E-state index in [2.05, 4.69) is 5.32 Å². The highest BCUT2D eigenvalue weighted by atomic mass is 16.5. The van der Waals surface area contributed by atoms with Gasteiger partial charge >= 0.3 is 0 Å². The van der Waals surface area contributed by atoms with E-state index in [1.165, 1.54) is 0 Å². The van der Waals surface area contributed by atoms with Gasteiger partial charge in [-0.3, -0.25) is 4.79 Å². The van der Waals surface area contributed by atoms with Gasteiger partial charge in [0.1, 0.15) is 0 Å². The molecule has 3 nitrogen and oxygen atoms in total. The number of ether oxygens (including phenoxy) is 1. The van der Waals surface area contributed by atoms with Gasteiger partial charge in [-0.2, -0.15) is 0 Å². The Morgan fingerprint density at radius 2 is 1.30 bits per heavy atom. The molecular weight excluding hydrogens is 334 g/mol. The maximum Gasteiger partial charge on any atom is 0.232 e. The maximum atomic E-state index is 12.8. The molecule has 0 spiro atoms. The molecule has 0 saturated carbocycles. The second kappa shape index (κ2) is 10.3. The summed E-state index contributed by atoms with van der Waals surface area (Å²) in [5, 5.41) is 3.06. The van der Waals surface area contributed by atoms with Crippen LogP contribution in [0.2, 0.25) is 0 Å². The number of benzene rings is 3. The normalized spacial score (nSPS) is 10.7. The van der Waals surface area contributed by atoms with Gasteiger partial charge in [-0.1, -0.05) is 91.0 Å². The summed E-state index contributed by atoms with van der Waals surface area (Å²) in [6, 6.07) is 29.9. The molecule has 1 amide bonds. The smallest absolute Gasteiger partial charge is 0.232 e. The lowest BCUT2D eigenvalue weighted by molar-refractivity contribution is -0.121. The summed E-state index contributed by atoms with van der Waals surface area (Å²) >= 11 is 0. The molecule has 0 fully saturated rings. The summed E-state index contributed by atoms with van der Waals surface area (Å²) in [7, 11) is 0. The van der Waals surface area contributed by atoms with Crippen molar-refractivity contribution in [3.8, 4) is 0 Å². The molecule has 0 aliphatic rings. The molecule has 0 heterocycles. The Kier molecular flexibility index (Phi) is 7.19. The molecule has 3 aromatic carbocycles. The molecule has 138 valence electrons. The number of hydrogen-bond donors (Lipinski definition) is 1. The quantitative estimate of drug-likeness (QED) is 0.570. The molecule has 0 saturated heterocycles. The molecule has 0 aliphatic carbocycles. The molecule has 0 aromatic heterocycles. The topological polar surface area (TPSA) is 38.3 Å². The van der Waals surface area contributed by atoms with Crippen LogP contribution in [0.25, 0.3) is 0 Å². The Bertz CT molecular complexity index is 764. The molecule has 3 heteroatoms. The third-order valence-electron chi connectivity index (χ3n) is 4.40. The first-order valence-corrected chi connectivity index (χ1v) is 9.34. The van der Waals surface area contributed by atoms with Crippen LogP contribution in [-0.4, -0.2) is 19.1 Å². The van der Waals surface area contributed by atoms with E-state index in [1.807, 2.05) is 91.0 Å². The lowest BCUT2D eigenvalue weighted by Crippen LogP contribution is -2.31. The predicted molar refractivity (Wildman–Crippen MR) is 108 cm³/mol. The molecule has 0 atom stereocenters. The fraction of sp³-hybridized carbons (Fsp3) is 0.208. The first-order chi connectivity index (χ1) is 13.3. The summed E-state index contributed by atoms with van der Waals surface area (Å²) in [6.45, 7) is 1.83. The van der Waals surface area contributed by atoms with Crippen molar-refractivity contribution in [2.24, 2.45) is 0 Å². The maximum absolute atomic E-state index is 12.8. The highest BCUT2D eigenvalue weighted by Crippen LogP contribution is 2.24. The second-order valence-electron chi connectivity index (χ2n) is 6.44. The van der Waals surface area contributed by atoms with Crippen molar-refractivity contribution in [1.29, 1.82) is 0 Å². The fourth-order valence-corrected chi connectivity index (χ4v) is 3.04. The van der Waals surface area contributed by atoms with Gasteiger partial charge in [-0.15, -0.1) is 0 Å². The van der Waals surface area contributed by atoms with Gasteiger partial charge in [0.2, 0.25) is 5.91 Å². The minimum atomic E-state index is -0.294. The van der Waals surface area contributed by atoms with Crippen molar-refractivity contribution in [3.63, 3.8) is 0 Å². The summed E-state index contributed by atoms with van der Waals surface area (Å²) in [5.74, 6) is -0.270. The fourth-order valence-electron chi connectivity index (χ4n) is 3.04. The molecular formula is C24H25NO2. The first-order valence-electron chi connectivity index (χ1n) is 9.34. The average Bonchev–Trinajstić information content (AvgIpc) is 2.73. The van der Waals surface area contributed by atoms with Crippen molar-refractivity contribution in [2.75, 3.05) is 13.2 Å². The van der Waals surface area contributed by atoms with Crippen molar-refractivity contribution in [3.05, 3.63) is 108 Å². The van der Waals surface area contributed by atoms with Gasteiger partial charge in [-0.05, 0) is 23.1 Å². The van der Waals surface area contributed by atoms with E-state index in [1.54, 1.807) is 0 Å². The van der Waals surface area contributed by atoms with Crippen LogP contribution in [0.5, 0.6) is 0 Å². The second-order valence-corrected chi connectivity index (χ2v) is 6.44. The van der Waals surface area contributed by atoms with Crippen LogP contribution in [0.3, 0.4) is 0 Å². The standard InChI is InChI=1S/C24H25NO2/c26-24(25-17-10-18-27-19-20-11-4-1-5-12-20)23(21-13-6-2-7-14-21)22-15-8-3-9-16-22/h1-9,11-16,23H,10,17-19H2,(H,25,26). The first kappa shape index (κ1) is 18.9. The Balaban J connectivity index is 1.50. The monoisotopic (exact) mass is 359 g/mol. The van der Waals surface area contributed by atoms with Crippen LogP contribution in [0.15, 0.2) is 91.0 Å². The summed E-state index contributed by atoms with van der Waals surface area (Å²) in [5.41, 5.74) is 3.16. The van der Waals surface area contributed by atoms with Crippen molar-refractivity contribution >= 4 is 5.91 Å². The van der Waals surface area contributed by atoms with Gasteiger partial charge in [0.25, 0.3) is 0 Å². The van der Waals surface area contributed by atoms with Crippen LogP contribution in [0.1, 0.15) is 29.0 Å². The van der Waals surface area contributed by atoms with Gasteiger partial charge < -0.3 is 10.1 Å². The van der Waals surface area contributed by atoms with E-state index in [9.17, 15) is 4.79 Å². The number of amides is 1. The zero-order chi connectivity index (χ0) is 18.7. The summed E-state index contributed by atoms with van der Waals surface area (Å²) in [6.07, 6.45) is 0.787. The van der Waals surface area contributed by atoms with Crippen LogP contribution in [-0.2, 0) is 16.1 Å². The van der Waals surface area contributed by atoms with E-state index in [-0.39, 0.29) is 11.8 Å². The molecule has 0 radical (unpaired) electrons. The molecule has 3 aromatic rings. The van der Waals surface area contributed by atoms with Crippen molar-refractivity contribution in [1.82, 2.24) is 5.32 Å². The number of carbonyl (C=O) groups excluding carboxylic acids is 1. The summed E-state index contributed by atoms with van der Waals surface area (Å²) in [4.78, 5) is 12.8.